The Morgan fingerprint density at radius 3 is 2.72 bits per heavy atom. The molecule has 1 saturated carbocycles. The first-order chi connectivity index (χ1) is 12.0. The van der Waals surface area contributed by atoms with E-state index in [1.54, 1.807) is 0 Å². The highest BCUT2D eigenvalue weighted by atomic mass is 16.5. The number of amides is 1. The lowest BCUT2D eigenvalue weighted by molar-refractivity contribution is -0.122. The van der Waals surface area contributed by atoms with Crippen molar-refractivity contribution in [1.29, 1.82) is 0 Å². The molecule has 6 nitrogen and oxygen atoms in total. The van der Waals surface area contributed by atoms with Gasteiger partial charge in [0.2, 0.25) is 11.8 Å². The van der Waals surface area contributed by atoms with Gasteiger partial charge in [0.15, 0.2) is 5.82 Å². The highest BCUT2D eigenvalue weighted by molar-refractivity contribution is 5.78. The maximum absolute atomic E-state index is 12.2. The Kier molecular flexibility index (Phi) is 5.48. The summed E-state index contributed by atoms with van der Waals surface area (Å²) in [6, 6.07) is 8.19. The summed E-state index contributed by atoms with van der Waals surface area (Å²) >= 11 is 0. The van der Waals surface area contributed by atoms with E-state index < -0.39 is 0 Å². The van der Waals surface area contributed by atoms with Gasteiger partial charge in [-0.2, -0.15) is 4.98 Å². The molecule has 1 aromatic heterocycles. The SMILES string of the molecule is Cc1ccc([C@H](C)NC(=O)CN(C)Cc2noc(C3CCC3)n2)cc1. The van der Waals surface area contributed by atoms with Crippen LogP contribution in [0.25, 0.3) is 0 Å². The maximum Gasteiger partial charge on any atom is 0.234 e. The van der Waals surface area contributed by atoms with Gasteiger partial charge in [0.1, 0.15) is 0 Å². The molecule has 0 spiro atoms. The number of hydrogen-bond donors (Lipinski definition) is 1. The average molecular weight is 342 g/mol. The molecule has 1 atom stereocenters. The van der Waals surface area contributed by atoms with E-state index in [-0.39, 0.29) is 11.9 Å². The predicted molar refractivity (Wildman–Crippen MR) is 95.0 cm³/mol. The summed E-state index contributed by atoms with van der Waals surface area (Å²) in [4.78, 5) is 18.6. The second-order valence-corrected chi connectivity index (χ2v) is 7.05. The van der Waals surface area contributed by atoms with Crippen molar-refractivity contribution in [3.05, 3.63) is 47.1 Å². The van der Waals surface area contributed by atoms with E-state index >= 15 is 0 Å². The number of carbonyl (C=O) groups excluding carboxylic acids is 1. The molecule has 0 aliphatic heterocycles. The Labute approximate surface area is 148 Å². The first-order valence-corrected chi connectivity index (χ1v) is 8.88. The Hall–Kier alpha value is -2.21. The van der Waals surface area contributed by atoms with E-state index in [0.29, 0.717) is 24.8 Å². The first kappa shape index (κ1) is 17.6. The van der Waals surface area contributed by atoms with Gasteiger partial charge in [-0.15, -0.1) is 0 Å². The van der Waals surface area contributed by atoms with Crippen LogP contribution in [-0.4, -0.2) is 34.5 Å². The van der Waals surface area contributed by atoms with Gasteiger partial charge in [0.25, 0.3) is 0 Å². The zero-order chi connectivity index (χ0) is 17.8. The van der Waals surface area contributed by atoms with E-state index in [9.17, 15) is 4.79 Å². The molecule has 6 heteroatoms. The summed E-state index contributed by atoms with van der Waals surface area (Å²) < 4.78 is 5.32. The minimum atomic E-state index is -0.0168. The molecular weight excluding hydrogens is 316 g/mol. The quantitative estimate of drug-likeness (QED) is 0.837. The van der Waals surface area contributed by atoms with Crippen LogP contribution in [0, 0.1) is 6.92 Å². The monoisotopic (exact) mass is 342 g/mol. The van der Waals surface area contributed by atoms with Crippen molar-refractivity contribution in [2.24, 2.45) is 0 Å². The van der Waals surface area contributed by atoms with Crippen LogP contribution in [0.5, 0.6) is 0 Å². The number of aromatic nitrogens is 2. The maximum atomic E-state index is 12.2. The lowest BCUT2D eigenvalue weighted by atomic mass is 9.85. The third kappa shape index (κ3) is 4.66. The van der Waals surface area contributed by atoms with Crippen LogP contribution in [0.3, 0.4) is 0 Å². The minimum Gasteiger partial charge on any atom is -0.348 e. The number of likely N-dealkylation sites (N-methyl/N-ethyl adjacent to an activating group) is 1. The molecule has 1 fully saturated rings. The molecule has 3 rings (SSSR count). The number of nitrogens with zero attached hydrogens (tertiary/aromatic N) is 3. The van der Waals surface area contributed by atoms with Gasteiger partial charge in [-0.05, 0) is 39.3 Å². The largest absolute Gasteiger partial charge is 0.348 e. The Bertz CT molecular complexity index is 706. The summed E-state index contributed by atoms with van der Waals surface area (Å²) in [6.07, 6.45) is 3.51. The summed E-state index contributed by atoms with van der Waals surface area (Å²) in [6.45, 7) is 4.84. The Morgan fingerprint density at radius 1 is 1.36 bits per heavy atom. The van der Waals surface area contributed by atoms with Gasteiger partial charge < -0.3 is 9.84 Å². The third-order valence-corrected chi connectivity index (χ3v) is 4.72. The molecule has 0 radical (unpaired) electrons. The zero-order valence-corrected chi connectivity index (χ0v) is 15.2. The van der Waals surface area contributed by atoms with Crippen molar-refractivity contribution in [2.75, 3.05) is 13.6 Å². The van der Waals surface area contributed by atoms with Gasteiger partial charge in [-0.1, -0.05) is 41.4 Å². The fourth-order valence-corrected chi connectivity index (χ4v) is 2.92. The summed E-state index contributed by atoms with van der Waals surface area (Å²) in [5, 5.41) is 7.05. The van der Waals surface area contributed by atoms with Crippen LogP contribution in [0.1, 0.15) is 61.0 Å². The number of hydrogen-bond acceptors (Lipinski definition) is 5. The molecule has 1 heterocycles. The number of rotatable bonds is 7. The van der Waals surface area contributed by atoms with Crippen molar-refractivity contribution < 1.29 is 9.32 Å². The molecule has 0 saturated heterocycles. The molecule has 1 N–H and O–H groups in total. The highest BCUT2D eigenvalue weighted by Gasteiger charge is 2.25. The molecule has 1 aromatic carbocycles. The van der Waals surface area contributed by atoms with Gasteiger partial charge in [0.05, 0.1) is 19.1 Å². The average Bonchev–Trinajstić information content (AvgIpc) is 2.93. The van der Waals surface area contributed by atoms with Crippen LogP contribution in [-0.2, 0) is 11.3 Å². The van der Waals surface area contributed by atoms with Crippen LogP contribution >= 0.6 is 0 Å². The number of benzene rings is 1. The number of aryl methyl sites for hydroxylation is 1. The second-order valence-electron chi connectivity index (χ2n) is 7.05. The Balaban J connectivity index is 1.46. The van der Waals surface area contributed by atoms with Crippen LogP contribution < -0.4 is 5.32 Å². The second kappa shape index (κ2) is 7.78. The smallest absolute Gasteiger partial charge is 0.234 e. The van der Waals surface area contributed by atoms with Crippen LogP contribution in [0.15, 0.2) is 28.8 Å². The lowest BCUT2D eigenvalue weighted by Gasteiger charge is -2.20. The van der Waals surface area contributed by atoms with Gasteiger partial charge >= 0.3 is 0 Å². The van der Waals surface area contributed by atoms with E-state index in [1.807, 2.05) is 31.0 Å². The normalized spacial score (nSPS) is 15.8. The molecule has 1 amide bonds. The molecule has 25 heavy (non-hydrogen) atoms. The van der Waals surface area contributed by atoms with Crippen molar-refractivity contribution in [1.82, 2.24) is 20.4 Å². The van der Waals surface area contributed by atoms with E-state index in [0.717, 1.165) is 24.3 Å². The van der Waals surface area contributed by atoms with Crippen LogP contribution in [0.2, 0.25) is 0 Å². The molecule has 2 aromatic rings. The molecule has 1 aliphatic carbocycles. The van der Waals surface area contributed by atoms with Crippen molar-refractivity contribution in [3.8, 4) is 0 Å². The van der Waals surface area contributed by atoms with Crippen molar-refractivity contribution in [3.63, 3.8) is 0 Å². The standard InChI is InChI=1S/C19H26N4O2/c1-13-7-9-15(10-8-13)14(2)20-18(24)12-23(3)11-17-21-19(25-22-17)16-5-4-6-16/h7-10,14,16H,4-6,11-12H2,1-3H3,(H,20,24)/t14-/m0/s1. The van der Waals surface area contributed by atoms with Crippen molar-refractivity contribution >= 4 is 5.91 Å². The molecule has 1 aliphatic rings. The highest BCUT2D eigenvalue weighted by Crippen LogP contribution is 2.35. The number of nitrogens with one attached hydrogen (secondary N) is 1. The minimum absolute atomic E-state index is 0.0155. The molecule has 0 unspecified atom stereocenters. The topological polar surface area (TPSA) is 71.3 Å². The van der Waals surface area contributed by atoms with Crippen LogP contribution in [0.4, 0.5) is 0 Å². The lowest BCUT2D eigenvalue weighted by Crippen LogP contribution is -2.36. The van der Waals surface area contributed by atoms with E-state index in [4.69, 9.17) is 4.52 Å². The third-order valence-electron chi connectivity index (χ3n) is 4.72. The molecular formula is C19H26N4O2. The first-order valence-electron chi connectivity index (χ1n) is 8.88. The van der Waals surface area contributed by atoms with E-state index in [2.05, 4.69) is 34.5 Å². The van der Waals surface area contributed by atoms with Crippen molar-refractivity contribution in [2.45, 2.75) is 51.6 Å². The summed E-state index contributed by atoms with van der Waals surface area (Å²) in [7, 11) is 1.88. The number of carbonyl (C=O) groups is 1. The molecule has 134 valence electrons. The predicted octanol–water partition coefficient (Wildman–Crippen LogP) is 2.95. The fourth-order valence-electron chi connectivity index (χ4n) is 2.92. The van der Waals surface area contributed by atoms with E-state index in [1.165, 1.54) is 12.0 Å². The van der Waals surface area contributed by atoms with Gasteiger partial charge in [-0.25, -0.2) is 0 Å². The summed E-state index contributed by atoms with van der Waals surface area (Å²) in [5.74, 6) is 1.80. The fraction of sp³-hybridized carbons (Fsp3) is 0.526. The zero-order valence-electron chi connectivity index (χ0n) is 15.2. The summed E-state index contributed by atoms with van der Waals surface area (Å²) in [5.41, 5.74) is 2.31. The molecule has 0 bridgehead atoms. The van der Waals surface area contributed by atoms with Gasteiger partial charge in [-0.3, -0.25) is 9.69 Å². The van der Waals surface area contributed by atoms with Gasteiger partial charge in [0, 0.05) is 5.92 Å². The Morgan fingerprint density at radius 2 is 2.08 bits per heavy atom.